The Bertz CT molecular complexity index is 1510. The van der Waals surface area contributed by atoms with Crippen LogP contribution < -0.4 is 10.3 Å². The second-order valence-corrected chi connectivity index (χ2v) is 9.19. The Balaban J connectivity index is 1.39. The van der Waals surface area contributed by atoms with Crippen LogP contribution in [0.2, 0.25) is 0 Å². The Morgan fingerprint density at radius 3 is 2.70 bits per heavy atom. The van der Waals surface area contributed by atoms with Gasteiger partial charge in [0.1, 0.15) is 22.1 Å². The van der Waals surface area contributed by atoms with Crippen molar-refractivity contribution in [2.75, 3.05) is 7.11 Å². The van der Waals surface area contributed by atoms with E-state index in [-0.39, 0.29) is 11.4 Å². The zero-order valence-corrected chi connectivity index (χ0v) is 19.3. The molecule has 0 atom stereocenters. The summed E-state index contributed by atoms with van der Waals surface area (Å²) in [7, 11) is 3.41. The van der Waals surface area contributed by atoms with Gasteiger partial charge in [0, 0.05) is 11.9 Å². The van der Waals surface area contributed by atoms with Crippen LogP contribution in [0, 0.1) is 5.82 Å². The molecule has 7 nitrogen and oxygen atoms in total. The van der Waals surface area contributed by atoms with Crippen molar-refractivity contribution in [1.29, 1.82) is 0 Å². The lowest BCUT2D eigenvalue weighted by Crippen LogP contribution is -2.09. The fourth-order valence-electron chi connectivity index (χ4n) is 3.40. The van der Waals surface area contributed by atoms with Gasteiger partial charge in [0.15, 0.2) is 11.0 Å². The maximum atomic E-state index is 14.1. The van der Waals surface area contributed by atoms with E-state index in [1.807, 2.05) is 30.3 Å². The number of rotatable bonds is 6. The molecular weight excluding hydrogens is 461 g/mol. The summed E-state index contributed by atoms with van der Waals surface area (Å²) in [5.74, 6) is 1.78. The van der Waals surface area contributed by atoms with Crippen LogP contribution in [0.3, 0.4) is 0 Å². The predicted molar refractivity (Wildman–Crippen MR) is 128 cm³/mol. The molecule has 0 unspecified atom stereocenters. The number of nitrogens with zero attached hydrogens (tertiary/aromatic N) is 4. The zero-order chi connectivity index (χ0) is 22.9. The second-order valence-electron chi connectivity index (χ2n) is 7.20. The van der Waals surface area contributed by atoms with Gasteiger partial charge in [-0.05, 0) is 48.0 Å². The van der Waals surface area contributed by atoms with Gasteiger partial charge in [-0.1, -0.05) is 23.9 Å². The number of aromatic amines is 1. The van der Waals surface area contributed by atoms with Crippen LogP contribution in [-0.4, -0.2) is 31.8 Å². The second kappa shape index (κ2) is 8.80. The Morgan fingerprint density at radius 1 is 1.15 bits per heavy atom. The molecule has 33 heavy (non-hydrogen) atoms. The summed E-state index contributed by atoms with van der Waals surface area (Å²) in [5, 5.41) is 8.90. The van der Waals surface area contributed by atoms with Crippen molar-refractivity contribution < 1.29 is 9.13 Å². The molecule has 0 amide bonds. The Kier molecular flexibility index (Phi) is 5.69. The minimum atomic E-state index is -0.355. The molecule has 0 bridgehead atoms. The molecule has 0 aliphatic rings. The molecule has 5 rings (SSSR count). The molecule has 166 valence electrons. The molecule has 10 heteroatoms. The van der Waals surface area contributed by atoms with E-state index in [2.05, 4.69) is 20.2 Å². The number of thioether (sulfide) groups is 1. The normalized spacial score (nSPS) is 11.2. The highest BCUT2D eigenvalue weighted by atomic mass is 32.2. The van der Waals surface area contributed by atoms with E-state index in [0.717, 1.165) is 16.2 Å². The molecular formula is C23H18FN5O2S2. The molecule has 0 fully saturated rings. The van der Waals surface area contributed by atoms with Crippen LogP contribution in [0.15, 0.2) is 64.5 Å². The minimum Gasteiger partial charge on any atom is -0.497 e. The van der Waals surface area contributed by atoms with E-state index in [1.54, 1.807) is 36.9 Å². The monoisotopic (exact) mass is 479 g/mol. The number of aromatic nitrogens is 5. The van der Waals surface area contributed by atoms with Crippen molar-refractivity contribution in [2.45, 2.75) is 10.9 Å². The smallest absolute Gasteiger partial charge is 0.268 e. The van der Waals surface area contributed by atoms with E-state index in [1.165, 1.54) is 29.2 Å². The highest BCUT2D eigenvalue weighted by molar-refractivity contribution is 7.98. The number of hydrogen-bond acceptors (Lipinski definition) is 7. The summed E-state index contributed by atoms with van der Waals surface area (Å²) < 4.78 is 21.6. The molecule has 2 aromatic carbocycles. The van der Waals surface area contributed by atoms with Gasteiger partial charge in [-0.3, -0.25) is 4.79 Å². The summed E-state index contributed by atoms with van der Waals surface area (Å²) in [6.07, 6.45) is 0. The molecule has 0 aliphatic heterocycles. The molecule has 0 spiro atoms. The van der Waals surface area contributed by atoms with Gasteiger partial charge < -0.3 is 14.3 Å². The highest BCUT2D eigenvalue weighted by Crippen LogP contribution is 2.32. The predicted octanol–water partition coefficient (Wildman–Crippen LogP) is 4.89. The van der Waals surface area contributed by atoms with Crippen molar-refractivity contribution in [2.24, 2.45) is 7.05 Å². The third-order valence-corrected chi connectivity index (χ3v) is 7.30. The molecule has 0 saturated carbocycles. The number of ether oxygens (including phenoxy) is 1. The van der Waals surface area contributed by atoms with Gasteiger partial charge in [0.05, 0.1) is 23.9 Å². The van der Waals surface area contributed by atoms with Gasteiger partial charge in [-0.15, -0.1) is 21.5 Å². The molecule has 1 N–H and O–H groups in total. The first-order chi connectivity index (χ1) is 16.0. The van der Waals surface area contributed by atoms with E-state index < -0.39 is 0 Å². The third kappa shape index (κ3) is 4.14. The van der Waals surface area contributed by atoms with Crippen LogP contribution in [0.25, 0.3) is 32.0 Å². The average molecular weight is 480 g/mol. The van der Waals surface area contributed by atoms with Crippen molar-refractivity contribution in [1.82, 2.24) is 24.7 Å². The van der Waals surface area contributed by atoms with Crippen LogP contribution >= 0.6 is 23.1 Å². The molecule has 0 aliphatic carbocycles. The van der Waals surface area contributed by atoms with Crippen molar-refractivity contribution >= 4 is 33.3 Å². The highest BCUT2D eigenvalue weighted by Gasteiger charge is 2.16. The first-order valence-corrected chi connectivity index (χ1v) is 11.8. The lowest BCUT2D eigenvalue weighted by molar-refractivity contribution is 0.415. The summed E-state index contributed by atoms with van der Waals surface area (Å²) >= 11 is 2.77. The van der Waals surface area contributed by atoms with E-state index in [9.17, 15) is 9.18 Å². The number of hydrogen-bond donors (Lipinski definition) is 1. The van der Waals surface area contributed by atoms with Crippen LogP contribution in [0.4, 0.5) is 4.39 Å². The van der Waals surface area contributed by atoms with Gasteiger partial charge in [-0.25, -0.2) is 9.37 Å². The quantitative estimate of drug-likeness (QED) is 0.349. The van der Waals surface area contributed by atoms with Crippen LogP contribution in [0.1, 0.15) is 5.82 Å². The van der Waals surface area contributed by atoms with Crippen LogP contribution in [-0.2, 0) is 12.8 Å². The number of H-pyrrole nitrogens is 1. The van der Waals surface area contributed by atoms with E-state index in [4.69, 9.17) is 4.74 Å². The van der Waals surface area contributed by atoms with Gasteiger partial charge >= 0.3 is 0 Å². The van der Waals surface area contributed by atoms with E-state index >= 15 is 0 Å². The average Bonchev–Trinajstić information content (AvgIpc) is 3.42. The van der Waals surface area contributed by atoms with Gasteiger partial charge in [0.2, 0.25) is 0 Å². The Hall–Kier alpha value is -3.50. The van der Waals surface area contributed by atoms with Gasteiger partial charge in [0.25, 0.3) is 5.56 Å². The molecule has 5 aromatic rings. The Labute approximate surface area is 196 Å². The number of benzene rings is 2. The first-order valence-electron chi connectivity index (χ1n) is 9.98. The Morgan fingerprint density at radius 2 is 1.94 bits per heavy atom. The summed E-state index contributed by atoms with van der Waals surface area (Å²) in [6, 6.07) is 16.0. The molecule has 3 aromatic heterocycles. The first kappa shape index (κ1) is 21.4. The number of fused-ring (bicyclic) bond motifs is 1. The summed E-state index contributed by atoms with van der Waals surface area (Å²) in [5.41, 5.74) is 1.85. The lowest BCUT2D eigenvalue weighted by Gasteiger charge is -2.04. The SMILES string of the molecule is COc1ccc(-c2cc3nc(CSc4nnc(-c5ccccc5F)n4C)[nH]c(=O)c3s2)cc1. The number of halogens is 1. The minimum absolute atomic E-state index is 0.176. The lowest BCUT2D eigenvalue weighted by atomic mass is 10.2. The number of methoxy groups -OCH3 is 1. The number of thiophene rings is 1. The zero-order valence-electron chi connectivity index (χ0n) is 17.7. The van der Waals surface area contributed by atoms with Crippen molar-refractivity contribution in [3.63, 3.8) is 0 Å². The maximum Gasteiger partial charge on any atom is 0.268 e. The molecule has 0 radical (unpaired) electrons. The van der Waals surface area contributed by atoms with E-state index in [0.29, 0.717) is 38.3 Å². The fraction of sp³-hybridized carbons (Fsp3) is 0.130. The summed E-state index contributed by atoms with van der Waals surface area (Å²) in [4.78, 5) is 21.1. The third-order valence-electron chi connectivity index (χ3n) is 5.09. The van der Waals surface area contributed by atoms with Gasteiger partial charge in [-0.2, -0.15) is 0 Å². The maximum absolute atomic E-state index is 14.1. The summed E-state index contributed by atoms with van der Waals surface area (Å²) in [6.45, 7) is 0. The van der Waals surface area contributed by atoms with Crippen LogP contribution in [0.5, 0.6) is 5.75 Å². The fourth-order valence-corrected chi connectivity index (χ4v) is 5.18. The van der Waals surface area contributed by atoms with Crippen molar-refractivity contribution in [3.05, 3.63) is 76.6 Å². The standard InChI is InChI=1S/C23H18FN5O2S2/c1-29-21(15-5-3-4-6-16(15)24)27-28-23(29)32-12-19-25-17-11-18(33-20(17)22(30)26-19)13-7-9-14(31-2)10-8-13/h3-11H,12H2,1-2H3,(H,25,26,30). The molecule has 0 saturated heterocycles. The van der Waals surface area contributed by atoms with Crippen molar-refractivity contribution in [3.8, 4) is 27.6 Å². The molecule has 3 heterocycles. The largest absolute Gasteiger partial charge is 0.497 e. The topological polar surface area (TPSA) is 85.7 Å². The number of nitrogens with one attached hydrogen (secondary N) is 1.